The highest BCUT2D eigenvalue weighted by Crippen LogP contribution is 2.26. The molecule has 1 aliphatic heterocycles. The minimum absolute atomic E-state index is 0.255. The van der Waals surface area contributed by atoms with Gasteiger partial charge in [0.25, 0.3) is 0 Å². The van der Waals surface area contributed by atoms with E-state index in [0.29, 0.717) is 18.3 Å². The molecule has 1 aromatic carbocycles. The molecule has 3 rings (SSSR count). The predicted octanol–water partition coefficient (Wildman–Crippen LogP) is 3.44. The maximum absolute atomic E-state index is 12.7. The van der Waals surface area contributed by atoms with Gasteiger partial charge in [-0.15, -0.1) is 0 Å². The monoisotopic (exact) mass is 282 g/mol. The quantitative estimate of drug-likeness (QED) is 0.873. The number of benzene rings is 1. The predicted molar refractivity (Wildman–Crippen MR) is 85.4 cm³/mol. The van der Waals surface area contributed by atoms with Gasteiger partial charge in [-0.25, -0.2) is 0 Å². The van der Waals surface area contributed by atoms with Crippen LogP contribution in [-0.2, 0) is 0 Å². The molecule has 21 heavy (non-hydrogen) atoms. The summed E-state index contributed by atoms with van der Waals surface area (Å²) in [5.41, 5.74) is 0.838. The van der Waals surface area contributed by atoms with E-state index in [9.17, 15) is 4.79 Å². The SMILES string of the molecule is CC(CC(=O)c1cccc2cnccc12)C1CCCNC1. The third-order valence-corrected chi connectivity index (χ3v) is 4.63. The van der Waals surface area contributed by atoms with Crippen LogP contribution in [0.2, 0.25) is 0 Å². The van der Waals surface area contributed by atoms with Crippen molar-refractivity contribution in [3.05, 3.63) is 42.2 Å². The lowest BCUT2D eigenvalue weighted by Gasteiger charge is -2.28. The Morgan fingerprint density at radius 3 is 3.14 bits per heavy atom. The number of hydrogen-bond donors (Lipinski definition) is 1. The Balaban J connectivity index is 1.77. The van der Waals surface area contributed by atoms with Crippen LogP contribution >= 0.6 is 0 Å². The number of fused-ring (bicyclic) bond motifs is 1. The molecule has 1 fully saturated rings. The highest BCUT2D eigenvalue weighted by Gasteiger charge is 2.23. The average molecular weight is 282 g/mol. The largest absolute Gasteiger partial charge is 0.316 e. The molecule has 3 nitrogen and oxygen atoms in total. The van der Waals surface area contributed by atoms with Crippen molar-refractivity contribution in [1.29, 1.82) is 0 Å². The van der Waals surface area contributed by atoms with E-state index < -0.39 is 0 Å². The van der Waals surface area contributed by atoms with Crippen LogP contribution in [0.15, 0.2) is 36.7 Å². The normalized spacial score (nSPS) is 20.3. The number of hydrogen-bond acceptors (Lipinski definition) is 3. The van der Waals surface area contributed by atoms with Gasteiger partial charge in [-0.2, -0.15) is 0 Å². The molecule has 0 amide bonds. The van der Waals surface area contributed by atoms with E-state index in [0.717, 1.165) is 29.4 Å². The Labute approximate surface area is 125 Å². The first-order valence-corrected chi connectivity index (χ1v) is 7.82. The molecule has 0 saturated carbocycles. The molecule has 3 heteroatoms. The highest BCUT2D eigenvalue weighted by atomic mass is 16.1. The summed E-state index contributed by atoms with van der Waals surface area (Å²) >= 11 is 0. The molecular formula is C18H22N2O. The zero-order chi connectivity index (χ0) is 14.7. The van der Waals surface area contributed by atoms with Crippen molar-refractivity contribution in [3.63, 3.8) is 0 Å². The topological polar surface area (TPSA) is 42.0 Å². The molecule has 2 atom stereocenters. The van der Waals surface area contributed by atoms with Gasteiger partial charge in [0.1, 0.15) is 0 Å². The molecule has 1 saturated heterocycles. The lowest BCUT2D eigenvalue weighted by Crippen LogP contribution is -2.34. The average Bonchev–Trinajstić information content (AvgIpc) is 2.55. The van der Waals surface area contributed by atoms with Crippen molar-refractivity contribution in [2.75, 3.05) is 13.1 Å². The van der Waals surface area contributed by atoms with Gasteiger partial charge in [0.2, 0.25) is 0 Å². The molecule has 0 spiro atoms. The van der Waals surface area contributed by atoms with Gasteiger partial charge in [0.05, 0.1) is 0 Å². The molecule has 1 aliphatic rings. The smallest absolute Gasteiger partial charge is 0.163 e. The summed E-state index contributed by atoms with van der Waals surface area (Å²) < 4.78 is 0. The van der Waals surface area contributed by atoms with Crippen LogP contribution < -0.4 is 5.32 Å². The number of ketones is 1. The number of rotatable bonds is 4. The maximum atomic E-state index is 12.7. The molecule has 1 aromatic heterocycles. The molecule has 110 valence electrons. The van der Waals surface area contributed by atoms with Crippen molar-refractivity contribution in [2.24, 2.45) is 11.8 Å². The van der Waals surface area contributed by atoms with E-state index in [1.807, 2.05) is 30.5 Å². The second kappa shape index (κ2) is 6.35. The first-order valence-electron chi connectivity index (χ1n) is 7.82. The van der Waals surface area contributed by atoms with Crippen molar-refractivity contribution in [2.45, 2.75) is 26.2 Å². The number of aromatic nitrogens is 1. The van der Waals surface area contributed by atoms with E-state index in [-0.39, 0.29) is 5.78 Å². The summed E-state index contributed by atoms with van der Waals surface area (Å²) in [6.07, 6.45) is 6.67. The van der Waals surface area contributed by atoms with Crippen LogP contribution in [-0.4, -0.2) is 23.9 Å². The van der Waals surface area contributed by atoms with Crippen molar-refractivity contribution < 1.29 is 4.79 Å². The Kier molecular flexibility index (Phi) is 4.30. The highest BCUT2D eigenvalue weighted by molar-refractivity contribution is 6.07. The summed E-state index contributed by atoms with van der Waals surface area (Å²) in [6, 6.07) is 7.84. The molecule has 0 bridgehead atoms. The molecule has 2 heterocycles. The number of nitrogens with one attached hydrogen (secondary N) is 1. The zero-order valence-electron chi connectivity index (χ0n) is 12.5. The van der Waals surface area contributed by atoms with Crippen LogP contribution in [0.4, 0.5) is 0 Å². The maximum Gasteiger partial charge on any atom is 0.163 e. The van der Waals surface area contributed by atoms with E-state index >= 15 is 0 Å². The van der Waals surface area contributed by atoms with Gasteiger partial charge in [-0.3, -0.25) is 9.78 Å². The fourth-order valence-electron chi connectivity index (χ4n) is 3.30. The Bertz CT molecular complexity index is 627. The Morgan fingerprint density at radius 1 is 1.43 bits per heavy atom. The minimum atomic E-state index is 0.255. The fraction of sp³-hybridized carbons (Fsp3) is 0.444. The van der Waals surface area contributed by atoms with Crippen molar-refractivity contribution in [3.8, 4) is 0 Å². The van der Waals surface area contributed by atoms with Gasteiger partial charge >= 0.3 is 0 Å². The summed E-state index contributed by atoms with van der Waals surface area (Å²) in [5.74, 6) is 1.31. The van der Waals surface area contributed by atoms with E-state index in [4.69, 9.17) is 0 Å². The molecule has 2 aromatic rings. The van der Waals surface area contributed by atoms with E-state index in [1.54, 1.807) is 6.20 Å². The molecule has 0 aliphatic carbocycles. The second-order valence-corrected chi connectivity index (χ2v) is 6.11. The zero-order valence-corrected chi connectivity index (χ0v) is 12.5. The first kappa shape index (κ1) is 14.2. The summed E-state index contributed by atoms with van der Waals surface area (Å²) in [6.45, 7) is 4.38. The fourth-order valence-corrected chi connectivity index (χ4v) is 3.30. The van der Waals surface area contributed by atoms with Crippen LogP contribution in [0, 0.1) is 11.8 Å². The van der Waals surface area contributed by atoms with Crippen molar-refractivity contribution >= 4 is 16.6 Å². The van der Waals surface area contributed by atoms with Crippen LogP contribution in [0.3, 0.4) is 0 Å². The Morgan fingerprint density at radius 2 is 2.33 bits per heavy atom. The third-order valence-electron chi connectivity index (χ3n) is 4.63. The van der Waals surface area contributed by atoms with Gasteiger partial charge in [-0.1, -0.05) is 25.1 Å². The van der Waals surface area contributed by atoms with Gasteiger partial charge in [0.15, 0.2) is 5.78 Å². The lowest BCUT2D eigenvalue weighted by molar-refractivity contribution is 0.0944. The molecule has 2 unspecified atom stereocenters. The lowest BCUT2D eigenvalue weighted by atomic mass is 9.83. The summed E-state index contributed by atoms with van der Waals surface area (Å²) in [4.78, 5) is 16.8. The Hall–Kier alpha value is -1.74. The molecular weight excluding hydrogens is 260 g/mol. The third kappa shape index (κ3) is 3.13. The summed E-state index contributed by atoms with van der Waals surface area (Å²) in [5, 5.41) is 5.50. The number of nitrogens with zero attached hydrogens (tertiary/aromatic N) is 1. The van der Waals surface area contributed by atoms with Crippen LogP contribution in [0.5, 0.6) is 0 Å². The standard InChI is InChI=1S/C18H22N2O/c1-13(14-5-3-8-19-11-14)10-18(21)17-6-2-4-15-12-20-9-7-16(15)17/h2,4,6-7,9,12-14,19H,3,5,8,10-11H2,1H3. The minimum Gasteiger partial charge on any atom is -0.316 e. The number of carbonyl (C=O) groups excluding carboxylic acids is 1. The number of pyridine rings is 1. The van der Waals surface area contributed by atoms with E-state index in [1.165, 1.54) is 12.8 Å². The number of piperidine rings is 1. The van der Waals surface area contributed by atoms with E-state index in [2.05, 4.69) is 17.2 Å². The first-order chi connectivity index (χ1) is 10.3. The molecule has 0 radical (unpaired) electrons. The number of carbonyl (C=O) groups is 1. The van der Waals surface area contributed by atoms with Gasteiger partial charge in [-0.05, 0) is 49.2 Å². The number of Topliss-reactive ketones (excluding diaryl/α,β-unsaturated/α-hetero) is 1. The molecule has 1 N–H and O–H groups in total. The van der Waals surface area contributed by atoms with Gasteiger partial charge in [0, 0.05) is 29.8 Å². The van der Waals surface area contributed by atoms with Crippen LogP contribution in [0.1, 0.15) is 36.5 Å². The summed E-state index contributed by atoms with van der Waals surface area (Å²) in [7, 11) is 0. The second-order valence-electron chi connectivity index (χ2n) is 6.11. The van der Waals surface area contributed by atoms with Gasteiger partial charge < -0.3 is 5.32 Å². The van der Waals surface area contributed by atoms with Crippen LogP contribution in [0.25, 0.3) is 10.8 Å². The van der Waals surface area contributed by atoms with Crippen molar-refractivity contribution in [1.82, 2.24) is 10.3 Å².